The molecule has 152 valence electrons. The Labute approximate surface area is 179 Å². The van der Waals surface area contributed by atoms with Crippen LogP contribution in [0.4, 0.5) is 17.6 Å². The highest BCUT2D eigenvalue weighted by Gasteiger charge is 2.14. The third kappa shape index (κ3) is 4.25. The molecular weight excluding hydrogens is 396 g/mol. The van der Waals surface area contributed by atoms with E-state index in [0.717, 1.165) is 33.4 Å². The van der Waals surface area contributed by atoms with Gasteiger partial charge in [-0.25, -0.2) is 0 Å². The first-order chi connectivity index (χ1) is 14.5. The summed E-state index contributed by atoms with van der Waals surface area (Å²) in [6.45, 7) is 4.08. The number of nitrogen functional groups attached to an aromatic ring is 1. The Bertz CT molecular complexity index is 1190. The number of nitrogens with two attached hydrogens (primary N) is 1. The number of para-hydroxylation sites is 1. The van der Waals surface area contributed by atoms with Gasteiger partial charge in [0.15, 0.2) is 11.0 Å². The first-order valence-electron chi connectivity index (χ1n) is 9.42. The largest absolute Gasteiger partial charge is 0.368 e. The summed E-state index contributed by atoms with van der Waals surface area (Å²) in [6.07, 6.45) is 0. The Balaban J connectivity index is 1.51. The molecule has 0 unspecified atom stereocenters. The molecule has 0 radical (unpaired) electrons. The average molecular weight is 419 g/mol. The van der Waals surface area contributed by atoms with Crippen molar-refractivity contribution in [1.82, 2.24) is 29.7 Å². The van der Waals surface area contributed by atoms with E-state index in [4.69, 9.17) is 5.73 Å². The molecule has 0 saturated heterocycles. The molecule has 0 aliphatic carbocycles. The molecule has 4 aromatic rings. The molecular formula is C21H22N8S. The van der Waals surface area contributed by atoms with Crippen LogP contribution < -0.4 is 11.1 Å². The minimum absolute atomic E-state index is 0.176. The third-order valence-corrected chi connectivity index (χ3v) is 5.66. The lowest BCUT2D eigenvalue weighted by molar-refractivity contribution is 0.792. The van der Waals surface area contributed by atoms with E-state index in [2.05, 4.69) is 43.5 Å². The number of hydrogen-bond donors (Lipinski definition) is 2. The van der Waals surface area contributed by atoms with Crippen molar-refractivity contribution in [2.75, 3.05) is 11.1 Å². The predicted molar refractivity (Wildman–Crippen MR) is 119 cm³/mol. The smallest absolute Gasteiger partial charge is 0.232 e. The van der Waals surface area contributed by atoms with Gasteiger partial charge in [-0.1, -0.05) is 54.2 Å². The van der Waals surface area contributed by atoms with Crippen LogP contribution in [-0.2, 0) is 12.8 Å². The van der Waals surface area contributed by atoms with E-state index in [-0.39, 0.29) is 5.95 Å². The maximum Gasteiger partial charge on any atom is 0.232 e. The first-order valence-corrected chi connectivity index (χ1v) is 10.4. The summed E-state index contributed by atoms with van der Waals surface area (Å²) in [5, 5.41) is 12.7. The highest BCUT2D eigenvalue weighted by Crippen LogP contribution is 2.27. The number of nitrogens with one attached hydrogen (secondary N) is 1. The monoisotopic (exact) mass is 418 g/mol. The summed E-state index contributed by atoms with van der Waals surface area (Å²) in [5.41, 5.74) is 10.1. The van der Waals surface area contributed by atoms with E-state index < -0.39 is 0 Å². The van der Waals surface area contributed by atoms with Crippen LogP contribution in [0.3, 0.4) is 0 Å². The fourth-order valence-electron chi connectivity index (χ4n) is 3.02. The molecule has 3 N–H and O–H groups in total. The molecule has 0 fully saturated rings. The molecule has 4 rings (SSSR count). The maximum atomic E-state index is 5.90. The zero-order valence-corrected chi connectivity index (χ0v) is 17.8. The van der Waals surface area contributed by atoms with E-state index in [1.54, 1.807) is 0 Å². The molecule has 0 bridgehead atoms. The van der Waals surface area contributed by atoms with Gasteiger partial charge in [-0.2, -0.15) is 15.0 Å². The SMILES string of the molecule is Cc1ccccc1Nc1nc(N)nc(CSc2nnc(-c3ccccc3C)n2C)n1. The number of aromatic nitrogens is 6. The van der Waals surface area contributed by atoms with Crippen LogP contribution >= 0.6 is 11.8 Å². The zero-order valence-electron chi connectivity index (χ0n) is 17.0. The predicted octanol–water partition coefficient (Wildman–Crippen LogP) is 3.90. The Kier molecular flexibility index (Phi) is 5.62. The molecule has 0 aliphatic rings. The van der Waals surface area contributed by atoms with Crippen LogP contribution in [0.15, 0.2) is 53.7 Å². The van der Waals surface area contributed by atoms with Gasteiger partial charge in [0.2, 0.25) is 11.9 Å². The van der Waals surface area contributed by atoms with Crippen molar-refractivity contribution >= 4 is 29.3 Å². The molecule has 2 aromatic heterocycles. The van der Waals surface area contributed by atoms with Crippen molar-refractivity contribution in [2.45, 2.75) is 24.8 Å². The van der Waals surface area contributed by atoms with Gasteiger partial charge in [0.05, 0.1) is 5.75 Å². The van der Waals surface area contributed by atoms with Crippen LogP contribution in [-0.4, -0.2) is 29.7 Å². The summed E-state index contributed by atoms with van der Waals surface area (Å²) in [6, 6.07) is 16.0. The van der Waals surface area contributed by atoms with Crippen LogP contribution in [0.5, 0.6) is 0 Å². The second kappa shape index (κ2) is 8.50. The van der Waals surface area contributed by atoms with Crippen molar-refractivity contribution in [3.8, 4) is 11.4 Å². The van der Waals surface area contributed by atoms with Crippen molar-refractivity contribution in [3.63, 3.8) is 0 Å². The van der Waals surface area contributed by atoms with E-state index >= 15 is 0 Å². The van der Waals surface area contributed by atoms with Crippen molar-refractivity contribution in [1.29, 1.82) is 0 Å². The lowest BCUT2D eigenvalue weighted by atomic mass is 10.1. The second-order valence-electron chi connectivity index (χ2n) is 6.84. The van der Waals surface area contributed by atoms with E-state index in [0.29, 0.717) is 17.5 Å². The average Bonchev–Trinajstić information content (AvgIpc) is 3.08. The summed E-state index contributed by atoms with van der Waals surface area (Å²) < 4.78 is 1.98. The summed E-state index contributed by atoms with van der Waals surface area (Å²) in [7, 11) is 1.96. The number of hydrogen-bond acceptors (Lipinski definition) is 8. The van der Waals surface area contributed by atoms with Gasteiger partial charge in [0, 0.05) is 18.3 Å². The fraction of sp³-hybridized carbons (Fsp3) is 0.190. The molecule has 0 amide bonds. The summed E-state index contributed by atoms with van der Waals surface area (Å²) in [5.74, 6) is 2.49. The van der Waals surface area contributed by atoms with Gasteiger partial charge in [-0.05, 0) is 31.0 Å². The highest BCUT2D eigenvalue weighted by atomic mass is 32.2. The first kappa shape index (κ1) is 19.8. The quantitative estimate of drug-likeness (QED) is 0.454. The van der Waals surface area contributed by atoms with E-state index in [1.165, 1.54) is 11.8 Å². The van der Waals surface area contributed by atoms with Crippen LogP contribution in [0.25, 0.3) is 11.4 Å². The number of aryl methyl sites for hydroxylation is 2. The summed E-state index contributed by atoms with van der Waals surface area (Å²) >= 11 is 1.50. The molecule has 2 heterocycles. The maximum absolute atomic E-state index is 5.90. The Morgan fingerprint density at radius 2 is 1.67 bits per heavy atom. The topological polar surface area (TPSA) is 107 Å². The van der Waals surface area contributed by atoms with E-state index in [9.17, 15) is 0 Å². The molecule has 8 nitrogen and oxygen atoms in total. The molecule has 30 heavy (non-hydrogen) atoms. The lowest BCUT2D eigenvalue weighted by Gasteiger charge is -2.09. The van der Waals surface area contributed by atoms with Gasteiger partial charge in [0.1, 0.15) is 5.82 Å². The summed E-state index contributed by atoms with van der Waals surface area (Å²) in [4.78, 5) is 13.0. The minimum atomic E-state index is 0.176. The highest BCUT2D eigenvalue weighted by molar-refractivity contribution is 7.98. The van der Waals surface area contributed by atoms with Crippen molar-refractivity contribution in [2.24, 2.45) is 7.05 Å². The van der Waals surface area contributed by atoms with Crippen molar-refractivity contribution in [3.05, 3.63) is 65.5 Å². The van der Waals surface area contributed by atoms with Crippen LogP contribution in [0.2, 0.25) is 0 Å². The van der Waals surface area contributed by atoms with Gasteiger partial charge in [0.25, 0.3) is 0 Å². The number of nitrogens with zero attached hydrogens (tertiary/aromatic N) is 6. The fourth-order valence-corrected chi connectivity index (χ4v) is 3.79. The standard InChI is InChI=1S/C21H22N8S/c1-13-8-4-6-10-15(13)18-27-28-21(29(18)3)30-12-17-24-19(22)26-20(25-17)23-16-11-7-5-9-14(16)2/h4-11H,12H2,1-3H3,(H3,22,23,24,25,26). The van der Waals surface area contributed by atoms with Gasteiger partial charge >= 0.3 is 0 Å². The Morgan fingerprint density at radius 3 is 2.43 bits per heavy atom. The number of anilines is 3. The molecule has 2 aromatic carbocycles. The second-order valence-corrected chi connectivity index (χ2v) is 7.78. The molecule has 9 heteroatoms. The Morgan fingerprint density at radius 1 is 0.933 bits per heavy atom. The Hall–Kier alpha value is -3.46. The number of thioether (sulfide) groups is 1. The zero-order chi connectivity index (χ0) is 21.1. The molecule has 0 atom stereocenters. The number of benzene rings is 2. The molecule has 0 aliphatic heterocycles. The van der Waals surface area contributed by atoms with Crippen LogP contribution in [0, 0.1) is 13.8 Å². The molecule has 0 spiro atoms. The molecule has 0 saturated carbocycles. The van der Waals surface area contributed by atoms with Gasteiger partial charge in [-0.3, -0.25) is 0 Å². The van der Waals surface area contributed by atoms with Gasteiger partial charge in [-0.15, -0.1) is 10.2 Å². The number of rotatable bonds is 6. The third-order valence-electron chi connectivity index (χ3n) is 4.64. The van der Waals surface area contributed by atoms with Crippen LogP contribution in [0.1, 0.15) is 17.0 Å². The lowest BCUT2D eigenvalue weighted by Crippen LogP contribution is -2.07. The van der Waals surface area contributed by atoms with Crippen molar-refractivity contribution < 1.29 is 0 Å². The normalized spacial score (nSPS) is 10.9. The van der Waals surface area contributed by atoms with E-state index in [1.807, 2.05) is 61.0 Å². The van der Waals surface area contributed by atoms with Gasteiger partial charge < -0.3 is 15.6 Å². The minimum Gasteiger partial charge on any atom is -0.368 e.